The lowest BCUT2D eigenvalue weighted by molar-refractivity contribution is 0.469. The zero-order valence-corrected chi connectivity index (χ0v) is 14.0. The van der Waals surface area contributed by atoms with Crippen LogP contribution in [-0.2, 0) is 0 Å². The van der Waals surface area contributed by atoms with Crippen molar-refractivity contribution in [3.05, 3.63) is 56.5 Å². The molecule has 0 spiro atoms. The van der Waals surface area contributed by atoms with Crippen LogP contribution in [0, 0.1) is 6.92 Å². The highest BCUT2D eigenvalue weighted by Crippen LogP contribution is 2.35. The molecule has 100 valence electrons. The van der Waals surface area contributed by atoms with Crippen LogP contribution in [0.1, 0.15) is 24.1 Å². The van der Waals surface area contributed by atoms with E-state index in [0.29, 0.717) is 0 Å². The lowest BCUT2D eigenvalue weighted by atomic mass is 10.1. The molecule has 19 heavy (non-hydrogen) atoms. The Balaban J connectivity index is 2.38. The molecule has 1 atom stereocenters. The first-order chi connectivity index (χ1) is 8.97. The van der Waals surface area contributed by atoms with Crippen LogP contribution in [0.4, 0.5) is 0 Å². The van der Waals surface area contributed by atoms with Crippen molar-refractivity contribution < 1.29 is 4.74 Å². The minimum atomic E-state index is -0.0864. The first-order valence-corrected chi connectivity index (χ1v) is 7.55. The Morgan fingerprint density at radius 3 is 2.37 bits per heavy atom. The maximum Gasteiger partial charge on any atom is 0.141 e. The third kappa shape index (κ3) is 3.59. The molecule has 0 aliphatic rings. The molecule has 0 fully saturated rings. The minimum Gasteiger partial charge on any atom is -0.456 e. The van der Waals surface area contributed by atoms with E-state index in [1.54, 1.807) is 0 Å². The van der Waals surface area contributed by atoms with Gasteiger partial charge in [0.1, 0.15) is 11.5 Å². The van der Waals surface area contributed by atoms with Gasteiger partial charge >= 0.3 is 0 Å². The summed E-state index contributed by atoms with van der Waals surface area (Å²) >= 11 is 6.97. The predicted octanol–water partition coefficient (Wildman–Crippen LogP) is 5.33. The smallest absolute Gasteiger partial charge is 0.141 e. The summed E-state index contributed by atoms with van der Waals surface area (Å²) in [5.74, 6) is 1.57. The van der Waals surface area contributed by atoms with Gasteiger partial charge in [-0.05, 0) is 65.7 Å². The monoisotopic (exact) mass is 383 g/mol. The van der Waals surface area contributed by atoms with Crippen LogP contribution in [0.5, 0.6) is 11.5 Å². The van der Waals surface area contributed by atoms with Crippen molar-refractivity contribution in [2.45, 2.75) is 19.9 Å². The molecule has 0 amide bonds. The third-order valence-electron chi connectivity index (χ3n) is 2.77. The van der Waals surface area contributed by atoms with E-state index in [4.69, 9.17) is 10.5 Å². The fraction of sp³-hybridized carbons (Fsp3) is 0.200. The Kier molecular flexibility index (Phi) is 4.66. The molecule has 2 aromatic carbocycles. The minimum absolute atomic E-state index is 0.0864. The van der Waals surface area contributed by atoms with Crippen molar-refractivity contribution in [3.63, 3.8) is 0 Å². The second kappa shape index (κ2) is 6.07. The molecule has 0 aliphatic heterocycles. The molecule has 0 aromatic heterocycles. The van der Waals surface area contributed by atoms with Crippen LogP contribution in [0.2, 0.25) is 0 Å². The predicted molar refractivity (Wildman–Crippen MR) is 85.7 cm³/mol. The van der Waals surface area contributed by atoms with Gasteiger partial charge in [0.15, 0.2) is 0 Å². The Morgan fingerprint density at radius 1 is 1.05 bits per heavy atom. The summed E-state index contributed by atoms with van der Waals surface area (Å²) in [6, 6.07) is 11.8. The summed E-state index contributed by atoms with van der Waals surface area (Å²) in [6.07, 6.45) is 0. The van der Waals surface area contributed by atoms with Crippen LogP contribution in [0.15, 0.2) is 45.3 Å². The highest BCUT2D eigenvalue weighted by molar-refractivity contribution is 9.10. The van der Waals surface area contributed by atoms with Gasteiger partial charge in [-0.25, -0.2) is 0 Å². The summed E-state index contributed by atoms with van der Waals surface area (Å²) in [6.45, 7) is 3.99. The Hall–Kier alpha value is -0.840. The number of hydrogen-bond donors (Lipinski definition) is 1. The number of benzene rings is 2. The molecule has 4 heteroatoms. The molecule has 0 bridgehead atoms. The largest absolute Gasteiger partial charge is 0.456 e. The SMILES string of the molecule is Cc1ccc(Oc2ccc(Br)cc2C(C)N)c(Br)c1. The number of ether oxygens (including phenoxy) is 1. The molecular formula is C15H15Br2NO. The van der Waals surface area contributed by atoms with Crippen molar-refractivity contribution in [2.24, 2.45) is 5.73 Å². The van der Waals surface area contributed by atoms with E-state index in [2.05, 4.69) is 31.9 Å². The Labute approximate surface area is 130 Å². The first-order valence-electron chi connectivity index (χ1n) is 5.96. The zero-order chi connectivity index (χ0) is 14.0. The molecule has 2 N–H and O–H groups in total. The molecule has 2 nitrogen and oxygen atoms in total. The third-order valence-corrected chi connectivity index (χ3v) is 3.88. The van der Waals surface area contributed by atoms with Crippen LogP contribution in [0.3, 0.4) is 0 Å². The lowest BCUT2D eigenvalue weighted by Gasteiger charge is -2.15. The van der Waals surface area contributed by atoms with Crippen LogP contribution in [-0.4, -0.2) is 0 Å². The highest BCUT2D eigenvalue weighted by atomic mass is 79.9. The van der Waals surface area contributed by atoms with Crippen molar-refractivity contribution in [2.75, 3.05) is 0 Å². The van der Waals surface area contributed by atoms with Crippen LogP contribution < -0.4 is 10.5 Å². The van der Waals surface area contributed by atoms with Gasteiger partial charge in [-0.1, -0.05) is 22.0 Å². The zero-order valence-electron chi connectivity index (χ0n) is 10.8. The normalized spacial score (nSPS) is 12.3. The van der Waals surface area contributed by atoms with Crippen LogP contribution in [0.25, 0.3) is 0 Å². The number of nitrogens with two attached hydrogens (primary N) is 1. The van der Waals surface area contributed by atoms with Gasteiger partial charge in [-0.15, -0.1) is 0 Å². The average Bonchev–Trinajstić information content (AvgIpc) is 2.34. The Morgan fingerprint density at radius 2 is 1.74 bits per heavy atom. The maximum absolute atomic E-state index is 5.99. The molecule has 2 aromatic rings. The molecule has 0 saturated carbocycles. The molecular weight excluding hydrogens is 370 g/mol. The average molecular weight is 385 g/mol. The molecule has 1 unspecified atom stereocenters. The fourth-order valence-corrected chi connectivity index (χ4v) is 2.73. The summed E-state index contributed by atoms with van der Waals surface area (Å²) < 4.78 is 7.90. The van der Waals surface area contributed by atoms with Gasteiger partial charge in [-0.3, -0.25) is 0 Å². The van der Waals surface area contributed by atoms with Crippen LogP contribution >= 0.6 is 31.9 Å². The molecule has 2 rings (SSSR count). The standard InChI is InChI=1S/C15H15Br2NO/c1-9-3-5-15(13(17)7-9)19-14-6-4-11(16)8-12(14)10(2)18/h3-8,10H,18H2,1-2H3. The van der Waals surface area contributed by atoms with E-state index >= 15 is 0 Å². The van der Waals surface area contributed by atoms with E-state index in [1.165, 1.54) is 5.56 Å². The van der Waals surface area contributed by atoms with Gasteiger partial charge in [0.25, 0.3) is 0 Å². The van der Waals surface area contributed by atoms with E-state index in [-0.39, 0.29) is 6.04 Å². The van der Waals surface area contributed by atoms with Gasteiger partial charge in [0.05, 0.1) is 4.47 Å². The van der Waals surface area contributed by atoms with E-state index < -0.39 is 0 Å². The molecule has 0 aliphatic carbocycles. The fourth-order valence-electron chi connectivity index (χ4n) is 1.78. The van der Waals surface area contributed by atoms with E-state index in [0.717, 1.165) is 26.0 Å². The summed E-state index contributed by atoms with van der Waals surface area (Å²) in [7, 11) is 0. The number of aryl methyl sites for hydroxylation is 1. The van der Waals surface area contributed by atoms with Crippen molar-refractivity contribution >= 4 is 31.9 Å². The topological polar surface area (TPSA) is 35.2 Å². The molecule has 0 heterocycles. The van der Waals surface area contributed by atoms with E-state index in [1.807, 2.05) is 50.2 Å². The van der Waals surface area contributed by atoms with Crippen molar-refractivity contribution in [1.29, 1.82) is 0 Å². The quantitative estimate of drug-likeness (QED) is 0.775. The van der Waals surface area contributed by atoms with Gasteiger partial charge in [-0.2, -0.15) is 0 Å². The first kappa shape index (κ1) is 14.6. The maximum atomic E-state index is 5.99. The summed E-state index contributed by atoms with van der Waals surface area (Å²) in [5, 5.41) is 0. The van der Waals surface area contributed by atoms with Crippen molar-refractivity contribution in [1.82, 2.24) is 0 Å². The number of hydrogen-bond acceptors (Lipinski definition) is 2. The second-order valence-corrected chi connectivity index (χ2v) is 6.28. The number of rotatable bonds is 3. The summed E-state index contributed by atoms with van der Waals surface area (Å²) in [5.41, 5.74) is 8.14. The summed E-state index contributed by atoms with van der Waals surface area (Å²) in [4.78, 5) is 0. The highest BCUT2D eigenvalue weighted by Gasteiger charge is 2.11. The second-order valence-electron chi connectivity index (χ2n) is 4.51. The molecule has 0 saturated heterocycles. The molecule has 0 radical (unpaired) electrons. The van der Waals surface area contributed by atoms with E-state index in [9.17, 15) is 0 Å². The lowest BCUT2D eigenvalue weighted by Crippen LogP contribution is -2.06. The Bertz CT molecular complexity index is 597. The van der Waals surface area contributed by atoms with Crippen molar-refractivity contribution in [3.8, 4) is 11.5 Å². The van der Waals surface area contributed by atoms with Gasteiger partial charge < -0.3 is 10.5 Å². The number of halogens is 2. The van der Waals surface area contributed by atoms with Gasteiger partial charge in [0, 0.05) is 16.1 Å². The van der Waals surface area contributed by atoms with Gasteiger partial charge in [0.2, 0.25) is 0 Å².